The lowest BCUT2D eigenvalue weighted by Gasteiger charge is -2.36. The molecular weight excluding hydrogens is 292 g/mol. The van der Waals surface area contributed by atoms with Gasteiger partial charge in [-0.25, -0.2) is 0 Å². The quantitative estimate of drug-likeness (QED) is 0.755. The average Bonchev–Trinajstić information content (AvgIpc) is 2.45. The molecule has 0 spiro atoms. The summed E-state index contributed by atoms with van der Waals surface area (Å²) in [6.07, 6.45) is 2.45. The van der Waals surface area contributed by atoms with Crippen LogP contribution in [0.25, 0.3) is 0 Å². The normalized spacial score (nSPS) is 26.7. The molecule has 0 aromatic heterocycles. The Morgan fingerprint density at radius 1 is 1.29 bits per heavy atom. The predicted molar refractivity (Wildman–Crippen MR) is 79.2 cm³/mol. The van der Waals surface area contributed by atoms with Gasteiger partial charge in [0.1, 0.15) is 6.10 Å². The molecule has 0 aliphatic carbocycles. The zero-order valence-electron chi connectivity index (χ0n) is 12.4. The van der Waals surface area contributed by atoms with E-state index < -0.39 is 22.5 Å². The fraction of sp³-hybridized carbons (Fsp3) is 0.600. The molecule has 0 saturated carbocycles. The zero-order valence-corrected chi connectivity index (χ0v) is 13.2. The first kappa shape index (κ1) is 16.4. The van der Waals surface area contributed by atoms with E-state index in [9.17, 15) is 8.42 Å². The minimum absolute atomic E-state index is 0.209. The van der Waals surface area contributed by atoms with E-state index in [4.69, 9.17) is 13.7 Å². The highest BCUT2D eigenvalue weighted by molar-refractivity contribution is 7.86. The standard InChI is InChI=1S/C15H22O5S/c1-3-4-10-13-14(20-21(2,16)17)11-18-15(19-13)12-8-6-5-7-9-12/h5-9,13-15H,3-4,10-11H2,1-2H3. The van der Waals surface area contributed by atoms with Crippen LogP contribution in [0.2, 0.25) is 0 Å². The molecule has 1 fully saturated rings. The Bertz CT molecular complexity index is 528. The average molecular weight is 314 g/mol. The van der Waals surface area contributed by atoms with Crippen molar-refractivity contribution in [3.8, 4) is 0 Å². The number of rotatable bonds is 6. The molecule has 21 heavy (non-hydrogen) atoms. The van der Waals surface area contributed by atoms with Gasteiger partial charge in [-0.1, -0.05) is 50.1 Å². The molecule has 5 nitrogen and oxygen atoms in total. The van der Waals surface area contributed by atoms with Gasteiger partial charge in [0.2, 0.25) is 0 Å². The van der Waals surface area contributed by atoms with Crippen LogP contribution in [-0.2, 0) is 23.8 Å². The largest absolute Gasteiger partial charge is 0.346 e. The van der Waals surface area contributed by atoms with Gasteiger partial charge in [-0.2, -0.15) is 8.42 Å². The van der Waals surface area contributed by atoms with Crippen molar-refractivity contribution < 1.29 is 22.1 Å². The Hall–Kier alpha value is -0.950. The maximum atomic E-state index is 11.3. The Balaban J connectivity index is 2.07. The first-order valence-corrected chi connectivity index (χ1v) is 9.01. The van der Waals surface area contributed by atoms with Gasteiger partial charge in [-0.3, -0.25) is 4.18 Å². The van der Waals surface area contributed by atoms with Crippen molar-refractivity contribution in [1.29, 1.82) is 0 Å². The van der Waals surface area contributed by atoms with Gasteiger partial charge in [0.15, 0.2) is 6.29 Å². The molecule has 1 heterocycles. The zero-order chi connectivity index (χ0) is 15.3. The van der Waals surface area contributed by atoms with Crippen LogP contribution in [0.5, 0.6) is 0 Å². The van der Waals surface area contributed by atoms with Crippen LogP contribution in [0.15, 0.2) is 30.3 Å². The topological polar surface area (TPSA) is 61.8 Å². The summed E-state index contributed by atoms with van der Waals surface area (Å²) in [5.41, 5.74) is 0.928. The summed E-state index contributed by atoms with van der Waals surface area (Å²) >= 11 is 0. The summed E-state index contributed by atoms with van der Waals surface area (Å²) in [5.74, 6) is 0. The fourth-order valence-electron chi connectivity index (χ4n) is 2.33. The second-order valence-corrected chi connectivity index (χ2v) is 6.83. The summed E-state index contributed by atoms with van der Waals surface area (Å²) in [7, 11) is -3.52. The van der Waals surface area contributed by atoms with E-state index in [1.807, 2.05) is 30.3 Å². The van der Waals surface area contributed by atoms with Gasteiger partial charge in [0.05, 0.1) is 19.0 Å². The Kier molecular flexibility index (Phi) is 5.75. The maximum Gasteiger partial charge on any atom is 0.264 e. The molecule has 1 aliphatic rings. The Morgan fingerprint density at radius 2 is 2.00 bits per heavy atom. The number of ether oxygens (including phenoxy) is 2. The molecule has 118 valence electrons. The molecular formula is C15H22O5S. The lowest BCUT2D eigenvalue weighted by atomic mass is 10.1. The first-order chi connectivity index (χ1) is 9.99. The van der Waals surface area contributed by atoms with Gasteiger partial charge >= 0.3 is 0 Å². The van der Waals surface area contributed by atoms with Gasteiger partial charge in [-0.05, 0) is 6.42 Å². The van der Waals surface area contributed by atoms with E-state index >= 15 is 0 Å². The van der Waals surface area contributed by atoms with Crippen LogP contribution in [0.3, 0.4) is 0 Å². The molecule has 0 N–H and O–H groups in total. The van der Waals surface area contributed by atoms with Crippen molar-refractivity contribution >= 4 is 10.1 Å². The minimum Gasteiger partial charge on any atom is -0.346 e. The highest BCUT2D eigenvalue weighted by Gasteiger charge is 2.35. The third kappa shape index (κ3) is 5.07. The SMILES string of the molecule is CCCCC1OC(c2ccccc2)OCC1OS(C)(=O)=O. The monoisotopic (exact) mass is 314 g/mol. The molecule has 0 bridgehead atoms. The fourth-order valence-corrected chi connectivity index (χ4v) is 2.96. The molecule has 3 atom stereocenters. The molecule has 1 saturated heterocycles. The van der Waals surface area contributed by atoms with Crippen LogP contribution < -0.4 is 0 Å². The second kappa shape index (κ2) is 7.35. The molecule has 6 heteroatoms. The molecule has 0 amide bonds. The van der Waals surface area contributed by atoms with Crippen LogP contribution in [-0.4, -0.2) is 33.5 Å². The Labute approximate surface area is 126 Å². The van der Waals surface area contributed by atoms with E-state index in [0.717, 1.165) is 31.1 Å². The number of unbranched alkanes of at least 4 members (excludes halogenated alkanes) is 1. The highest BCUT2D eigenvalue weighted by Crippen LogP contribution is 2.30. The molecule has 1 aromatic rings. The first-order valence-electron chi connectivity index (χ1n) is 7.20. The van der Waals surface area contributed by atoms with Crippen molar-refractivity contribution in [2.75, 3.05) is 12.9 Å². The van der Waals surface area contributed by atoms with E-state index in [2.05, 4.69) is 6.92 Å². The number of benzene rings is 1. The number of hydrogen-bond donors (Lipinski definition) is 0. The summed E-state index contributed by atoms with van der Waals surface area (Å²) in [6, 6.07) is 9.62. The minimum atomic E-state index is -3.52. The smallest absolute Gasteiger partial charge is 0.264 e. The van der Waals surface area contributed by atoms with E-state index in [-0.39, 0.29) is 12.7 Å². The van der Waals surface area contributed by atoms with Gasteiger partial charge in [0, 0.05) is 5.56 Å². The summed E-state index contributed by atoms with van der Waals surface area (Å²) in [5, 5.41) is 0. The molecule has 3 unspecified atom stereocenters. The number of hydrogen-bond acceptors (Lipinski definition) is 5. The van der Waals surface area contributed by atoms with Crippen LogP contribution in [0, 0.1) is 0 Å². The maximum absolute atomic E-state index is 11.3. The lowest BCUT2D eigenvalue weighted by Crippen LogP contribution is -2.43. The lowest BCUT2D eigenvalue weighted by molar-refractivity contribution is -0.252. The van der Waals surface area contributed by atoms with Crippen LogP contribution >= 0.6 is 0 Å². The van der Waals surface area contributed by atoms with Crippen LogP contribution in [0.1, 0.15) is 38.0 Å². The van der Waals surface area contributed by atoms with Crippen molar-refractivity contribution in [3.63, 3.8) is 0 Å². The van der Waals surface area contributed by atoms with E-state index in [1.54, 1.807) is 0 Å². The summed E-state index contributed by atoms with van der Waals surface area (Å²) in [4.78, 5) is 0. The molecule has 1 aromatic carbocycles. The van der Waals surface area contributed by atoms with Gasteiger partial charge in [0.25, 0.3) is 10.1 Å². The summed E-state index contributed by atoms with van der Waals surface area (Å²) in [6.45, 7) is 2.29. The van der Waals surface area contributed by atoms with Gasteiger partial charge in [-0.15, -0.1) is 0 Å². The van der Waals surface area contributed by atoms with E-state index in [0.29, 0.717) is 0 Å². The predicted octanol–water partition coefficient (Wildman–Crippen LogP) is 2.64. The summed E-state index contributed by atoms with van der Waals surface area (Å²) < 4.78 is 39.3. The molecule has 0 radical (unpaired) electrons. The van der Waals surface area contributed by atoms with Crippen molar-refractivity contribution in [1.82, 2.24) is 0 Å². The molecule has 2 rings (SSSR count). The van der Waals surface area contributed by atoms with Gasteiger partial charge < -0.3 is 9.47 Å². The van der Waals surface area contributed by atoms with Crippen LogP contribution in [0.4, 0.5) is 0 Å². The molecule has 1 aliphatic heterocycles. The third-order valence-corrected chi connectivity index (χ3v) is 3.93. The third-order valence-electron chi connectivity index (χ3n) is 3.34. The second-order valence-electron chi connectivity index (χ2n) is 5.23. The van der Waals surface area contributed by atoms with E-state index in [1.165, 1.54) is 0 Å². The Morgan fingerprint density at radius 3 is 2.62 bits per heavy atom. The highest BCUT2D eigenvalue weighted by atomic mass is 32.2. The van der Waals surface area contributed by atoms with Crippen molar-refractivity contribution in [2.24, 2.45) is 0 Å². The van der Waals surface area contributed by atoms with Crippen molar-refractivity contribution in [2.45, 2.75) is 44.7 Å². The van der Waals surface area contributed by atoms with Crippen molar-refractivity contribution in [3.05, 3.63) is 35.9 Å².